The standard InChI is InChI=1S/C22H23NO5/c1-4-19-22(26)23(21(25)17-7-5-6-8-20(17)28-19)13-18(24)15-9-11-16(12-10-15)27-14(2)3/h5-12,14,19H,4,13H2,1-3H3/t19-/m1/s1. The van der Waals surface area contributed by atoms with Gasteiger partial charge in [-0.1, -0.05) is 19.1 Å². The molecule has 146 valence electrons. The summed E-state index contributed by atoms with van der Waals surface area (Å²) in [6, 6.07) is 13.4. The van der Waals surface area contributed by atoms with Crippen LogP contribution in [0.3, 0.4) is 0 Å². The number of hydrogen-bond donors (Lipinski definition) is 0. The number of ketones is 1. The second kappa shape index (κ2) is 8.25. The SMILES string of the molecule is CC[C@H]1Oc2ccccc2C(=O)N(CC(=O)c2ccc(OC(C)C)cc2)C1=O. The Hall–Kier alpha value is -3.15. The second-order valence-electron chi connectivity index (χ2n) is 6.85. The second-order valence-corrected chi connectivity index (χ2v) is 6.85. The van der Waals surface area contributed by atoms with Gasteiger partial charge in [0.15, 0.2) is 11.9 Å². The molecule has 2 amide bonds. The molecular formula is C22H23NO5. The van der Waals surface area contributed by atoms with E-state index < -0.39 is 17.9 Å². The highest BCUT2D eigenvalue weighted by Crippen LogP contribution is 2.26. The molecule has 6 heteroatoms. The summed E-state index contributed by atoms with van der Waals surface area (Å²) in [6.45, 7) is 5.30. The van der Waals surface area contributed by atoms with E-state index in [1.807, 2.05) is 13.8 Å². The molecule has 0 N–H and O–H groups in total. The van der Waals surface area contributed by atoms with Crippen molar-refractivity contribution in [3.63, 3.8) is 0 Å². The molecule has 0 aliphatic carbocycles. The zero-order chi connectivity index (χ0) is 20.3. The number of hydrogen-bond acceptors (Lipinski definition) is 5. The fourth-order valence-corrected chi connectivity index (χ4v) is 3.00. The number of nitrogens with zero attached hydrogens (tertiary/aromatic N) is 1. The number of rotatable bonds is 6. The number of carbonyl (C=O) groups excluding carboxylic acids is 3. The van der Waals surface area contributed by atoms with Gasteiger partial charge in [0.1, 0.15) is 11.5 Å². The first kappa shape index (κ1) is 19.6. The molecule has 1 heterocycles. The average Bonchev–Trinajstić information content (AvgIpc) is 2.78. The Morgan fingerprint density at radius 2 is 1.79 bits per heavy atom. The van der Waals surface area contributed by atoms with Crippen molar-refractivity contribution in [2.24, 2.45) is 0 Å². The minimum absolute atomic E-state index is 0.0277. The molecule has 0 spiro atoms. The minimum Gasteiger partial charge on any atom is -0.491 e. The largest absolute Gasteiger partial charge is 0.491 e. The van der Waals surface area contributed by atoms with Crippen LogP contribution in [0.4, 0.5) is 0 Å². The molecule has 3 rings (SSSR count). The minimum atomic E-state index is -0.804. The first-order valence-electron chi connectivity index (χ1n) is 9.32. The van der Waals surface area contributed by atoms with E-state index in [9.17, 15) is 14.4 Å². The highest BCUT2D eigenvalue weighted by Gasteiger charge is 2.36. The van der Waals surface area contributed by atoms with Crippen molar-refractivity contribution in [1.29, 1.82) is 0 Å². The van der Waals surface area contributed by atoms with Crippen molar-refractivity contribution in [1.82, 2.24) is 4.90 Å². The lowest BCUT2D eigenvalue weighted by molar-refractivity contribution is -0.135. The molecule has 0 bridgehead atoms. The van der Waals surface area contributed by atoms with E-state index in [-0.39, 0.29) is 24.0 Å². The number of para-hydroxylation sites is 1. The van der Waals surface area contributed by atoms with Gasteiger partial charge in [0, 0.05) is 5.56 Å². The predicted molar refractivity (Wildman–Crippen MR) is 104 cm³/mol. The van der Waals surface area contributed by atoms with E-state index in [0.717, 1.165) is 4.90 Å². The normalized spacial score (nSPS) is 16.4. The van der Waals surface area contributed by atoms with Crippen molar-refractivity contribution >= 4 is 17.6 Å². The number of carbonyl (C=O) groups is 3. The van der Waals surface area contributed by atoms with Gasteiger partial charge in [-0.2, -0.15) is 0 Å². The maximum absolute atomic E-state index is 12.9. The van der Waals surface area contributed by atoms with Crippen LogP contribution >= 0.6 is 0 Å². The van der Waals surface area contributed by atoms with Crippen molar-refractivity contribution in [3.05, 3.63) is 59.7 Å². The van der Waals surface area contributed by atoms with Crippen LogP contribution in [0.2, 0.25) is 0 Å². The third-order valence-electron chi connectivity index (χ3n) is 4.39. The maximum Gasteiger partial charge on any atom is 0.270 e. The van der Waals surface area contributed by atoms with Crippen LogP contribution in [0.25, 0.3) is 0 Å². The van der Waals surface area contributed by atoms with Gasteiger partial charge in [-0.3, -0.25) is 19.3 Å². The molecule has 0 radical (unpaired) electrons. The molecule has 0 saturated carbocycles. The Morgan fingerprint density at radius 1 is 1.11 bits per heavy atom. The molecule has 1 aliphatic rings. The topological polar surface area (TPSA) is 72.9 Å². The first-order chi connectivity index (χ1) is 13.4. The maximum atomic E-state index is 12.9. The average molecular weight is 381 g/mol. The number of imide groups is 1. The quantitative estimate of drug-likeness (QED) is 0.566. The lowest BCUT2D eigenvalue weighted by Gasteiger charge is -2.21. The summed E-state index contributed by atoms with van der Waals surface area (Å²) in [4.78, 5) is 39.4. The lowest BCUT2D eigenvalue weighted by atomic mass is 10.1. The molecule has 1 atom stereocenters. The molecule has 2 aromatic rings. The van der Waals surface area contributed by atoms with Crippen LogP contribution in [0, 0.1) is 0 Å². The summed E-state index contributed by atoms with van der Waals surface area (Å²) in [5, 5.41) is 0. The van der Waals surface area contributed by atoms with Crippen LogP contribution in [-0.4, -0.2) is 41.3 Å². The summed E-state index contributed by atoms with van der Waals surface area (Å²) >= 11 is 0. The van der Waals surface area contributed by atoms with Crippen molar-refractivity contribution in [2.75, 3.05) is 6.54 Å². The van der Waals surface area contributed by atoms with Gasteiger partial charge < -0.3 is 9.47 Å². The van der Waals surface area contributed by atoms with Gasteiger partial charge in [0.2, 0.25) is 0 Å². The van der Waals surface area contributed by atoms with Gasteiger partial charge in [-0.25, -0.2) is 0 Å². The number of Topliss-reactive ketones (excluding diaryl/α,β-unsaturated/α-hetero) is 1. The summed E-state index contributed by atoms with van der Waals surface area (Å²) < 4.78 is 11.3. The van der Waals surface area contributed by atoms with E-state index in [1.54, 1.807) is 55.5 Å². The summed E-state index contributed by atoms with van der Waals surface area (Å²) in [7, 11) is 0. The molecule has 28 heavy (non-hydrogen) atoms. The van der Waals surface area contributed by atoms with Gasteiger partial charge in [0.25, 0.3) is 11.8 Å². The molecule has 1 aliphatic heterocycles. The Bertz CT molecular complexity index is 888. The van der Waals surface area contributed by atoms with Gasteiger partial charge in [-0.15, -0.1) is 0 Å². The molecule has 6 nitrogen and oxygen atoms in total. The molecule has 0 aromatic heterocycles. The van der Waals surface area contributed by atoms with E-state index in [1.165, 1.54) is 0 Å². The molecule has 0 saturated heterocycles. The Morgan fingerprint density at radius 3 is 2.43 bits per heavy atom. The van der Waals surface area contributed by atoms with E-state index in [0.29, 0.717) is 23.5 Å². The van der Waals surface area contributed by atoms with Crippen LogP contribution in [-0.2, 0) is 4.79 Å². The monoisotopic (exact) mass is 381 g/mol. The van der Waals surface area contributed by atoms with Crippen LogP contribution in [0.1, 0.15) is 47.9 Å². The predicted octanol–water partition coefficient (Wildman–Crippen LogP) is 3.50. The summed E-state index contributed by atoms with van der Waals surface area (Å²) in [5.41, 5.74) is 0.684. The Kier molecular flexibility index (Phi) is 5.78. The highest BCUT2D eigenvalue weighted by atomic mass is 16.5. The van der Waals surface area contributed by atoms with E-state index in [2.05, 4.69) is 0 Å². The molecule has 0 unspecified atom stereocenters. The lowest BCUT2D eigenvalue weighted by Crippen LogP contribution is -2.45. The Balaban J connectivity index is 1.84. The zero-order valence-corrected chi connectivity index (χ0v) is 16.2. The van der Waals surface area contributed by atoms with Crippen molar-refractivity contribution in [2.45, 2.75) is 39.4 Å². The number of fused-ring (bicyclic) bond motifs is 1. The van der Waals surface area contributed by atoms with Crippen LogP contribution in [0.15, 0.2) is 48.5 Å². The number of amides is 2. The smallest absolute Gasteiger partial charge is 0.270 e. The third-order valence-corrected chi connectivity index (χ3v) is 4.39. The van der Waals surface area contributed by atoms with Crippen molar-refractivity contribution < 1.29 is 23.9 Å². The summed E-state index contributed by atoms with van der Waals surface area (Å²) in [6.07, 6.45) is -0.381. The van der Waals surface area contributed by atoms with Gasteiger partial charge in [-0.05, 0) is 56.7 Å². The third kappa shape index (κ3) is 4.06. The number of benzene rings is 2. The van der Waals surface area contributed by atoms with Crippen LogP contribution < -0.4 is 9.47 Å². The van der Waals surface area contributed by atoms with Gasteiger partial charge in [0.05, 0.1) is 18.2 Å². The fraction of sp³-hybridized carbons (Fsp3) is 0.318. The Labute approximate surface area is 164 Å². The molecule has 2 aromatic carbocycles. The van der Waals surface area contributed by atoms with E-state index >= 15 is 0 Å². The highest BCUT2D eigenvalue weighted by molar-refractivity contribution is 6.12. The van der Waals surface area contributed by atoms with Gasteiger partial charge >= 0.3 is 0 Å². The van der Waals surface area contributed by atoms with Crippen LogP contribution in [0.5, 0.6) is 11.5 Å². The molecule has 0 fully saturated rings. The first-order valence-corrected chi connectivity index (χ1v) is 9.32. The molecular weight excluding hydrogens is 358 g/mol. The van der Waals surface area contributed by atoms with Crippen molar-refractivity contribution in [3.8, 4) is 11.5 Å². The zero-order valence-electron chi connectivity index (χ0n) is 16.2. The fourth-order valence-electron chi connectivity index (χ4n) is 3.00. The number of ether oxygens (including phenoxy) is 2. The summed E-state index contributed by atoms with van der Waals surface area (Å²) in [5.74, 6) is -0.340. The van der Waals surface area contributed by atoms with E-state index in [4.69, 9.17) is 9.47 Å².